The highest BCUT2D eigenvalue weighted by Gasteiger charge is 2.43. The van der Waals surface area contributed by atoms with E-state index in [0.717, 1.165) is 38.5 Å². The molecule has 0 aromatic carbocycles. The van der Waals surface area contributed by atoms with Gasteiger partial charge in [0.25, 0.3) is 10.2 Å². The van der Waals surface area contributed by atoms with Crippen LogP contribution in [0.4, 0.5) is 0 Å². The molecule has 0 radical (unpaired) electrons. The van der Waals surface area contributed by atoms with Crippen molar-refractivity contribution < 1.29 is 13.5 Å². The molecule has 1 N–H and O–H groups in total. The Morgan fingerprint density at radius 1 is 0.857 bits per heavy atom. The van der Waals surface area contributed by atoms with Crippen molar-refractivity contribution in [2.24, 2.45) is 5.92 Å². The Hall–Kier alpha value is -0.170. The molecular weight excluding hydrogens is 288 g/mol. The van der Waals surface area contributed by atoms with Crippen LogP contribution in [0.25, 0.3) is 0 Å². The zero-order valence-corrected chi connectivity index (χ0v) is 13.6. The van der Waals surface area contributed by atoms with Crippen LogP contribution >= 0.6 is 0 Å². The third-order valence-corrected chi connectivity index (χ3v) is 7.69. The molecule has 122 valence electrons. The molecule has 0 aromatic rings. The summed E-state index contributed by atoms with van der Waals surface area (Å²) in [7, 11) is -3.41. The molecule has 0 bridgehead atoms. The molecule has 2 aliphatic heterocycles. The average molecular weight is 316 g/mol. The van der Waals surface area contributed by atoms with E-state index >= 15 is 0 Å². The topological polar surface area (TPSA) is 60.9 Å². The van der Waals surface area contributed by atoms with Crippen LogP contribution in [0.1, 0.15) is 57.8 Å². The van der Waals surface area contributed by atoms with E-state index in [0.29, 0.717) is 19.0 Å². The molecule has 0 amide bonds. The molecule has 2 saturated heterocycles. The molecule has 5 nitrogen and oxygen atoms in total. The summed E-state index contributed by atoms with van der Waals surface area (Å²) in [6, 6.07) is -0.00788. The van der Waals surface area contributed by atoms with Gasteiger partial charge in [-0.2, -0.15) is 17.0 Å². The maximum atomic E-state index is 13.1. The summed E-state index contributed by atoms with van der Waals surface area (Å²) in [5, 5.41) is 9.53. The van der Waals surface area contributed by atoms with E-state index in [1.165, 1.54) is 19.3 Å². The molecule has 3 aliphatic rings. The Morgan fingerprint density at radius 2 is 1.52 bits per heavy atom. The number of aliphatic hydroxyl groups excluding tert-OH is 1. The Morgan fingerprint density at radius 3 is 2.33 bits per heavy atom. The van der Waals surface area contributed by atoms with E-state index in [9.17, 15) is 13.5 Å². The molecule has 1 saturated carbocycles. The van der Waals surface area contributed by atoms with Crippen LogP contribution in [0, 0.1) is 5.92 Å². The molecule has 1 aliphatic carbocycles. The quantitative estimate of drug-likeness (QED) is 0.862. The lowest BCUT2D eigenvalue weighted by atomic mass is 9.79. The molecule has 3 fully saturated rings. The van der Waals surface area contributed by atoms with E-state index in [2.05, 4.69) is 0 Å². The number of piperidine rings is 2. The van der Waals surface area contributed by atoms with E-state index in [1.54, 1.807) is 8.61 Å². The van der Waals surface area contributed by atoms with E-state index in [1.807, 2.05) is 0 Å². The van der Waals surface area contributed by atoms with E-state index in [-0.39, 0.29) is 18.7 Å². The second-order valence-corrected chi connectivity index (χ2v) is 8.65. The number of aliphatic hydroxyl groups is 1. The van der Waals surface area contributed by atoms with Gasteiger partial charge in [-0.25, -0.2) is 0 Å². The van der Waals surface area contributed by atoms with Crippen molar-refractivity contribution in [3.63, 3.8) is 0 Å². The highest BCUT2D eigenvalue weighted by molar-refractivity contribution is 7.86. The first-order valence-electron chi connectivity index (χ1n) is 8.54. The highest BCUT2D eigenvalue weighted by atomic mass is 32.2. The van der Waals surface area contributed by atoms with Crippen molar-refractivity contribution in [1.82, 2.24) is 8.61 Å². The lowest BCUT2D eigenvalue weighted by molar-refractivity contribution is 0.104. The van der Waals surface area contributed by atoms with Gasteiger partial charge in [0, 0.05) is 25.2 Å². The molecule has 6 heteroatoms. The molecule has 2 heterocycles. The second-order valence-electron chi connectivity index (χ2n) is 6.82. The number of hydrogen-bond donors (Lipinski definition) is 1. The van der Waals surface area contributed by atoms with Crippen molar-refractivity contribution in [1.29, 1.82) is 0 Å². The first-order valence-corrected chi connectivity index (χ1v) is 9.94. The molecule has 3 rings (SSSR count). The summed E-state index contributed by atoms with van der Waals surface area (Å²) in [6.45, 7) is 1.18. The van der Waals surface area contributed by atoms with Gasteiger partial charge < -0.3 is 5.11 Å². The van der Waals surface area contributed by atoms with Crippen molar-refractivity contribution in [3.8, 4) is 0 Å². The van der Waals surface area contributed by atoms with Crippen LogP contribution in [0.5, 0.6) is 0 Å². The summed E-state index contributed by atoms with van der Waals surface area (Å²) in [4.78, 5) is 0. The van der Waals surface area contributed by atoms with Gasteiger partial charge in [-0.05, 0) is 44.4 Å². The number of nitrogens with zero attached hydrogens (tertiary/aromatic N) is 2. The summed E-state index contributed by atoms with van der Waals surface area (Å²) in [6.07, 6.45) is 9.48. The third-order valence-electron chi connectivity index (χ3n) is 5.57. The summed E-state index contributed by atoms with van der Waals surface area (Å²) >= 11 is 0. The van der Waals surface area contributed by atoms with E-state index < -0.39 is 10.2 Å². The van der Waals surface area contributed by atoms with Gasteiger partial charge in [-0.1, -0.05) is 19.3 Å². The zero-order chi connectivity index (χ0) is 14.9. The van der Waals surface area contributed by atoms with Crippen LogP contribution in [0.3, 0.4) is 0 Å². The maximum Gasteiger partial charge on any atom is 0.282 e. The van der Waals surface area contributed by atoms with Gasteiger partial charge in [0.1, 0.15) is 0 Å². The molecular formula is C15H28N2O3S. The minimum atomic E-state index is -3.41. The van der Waals surface area contributed by atoms with Crippen LogP contribution in [-0.4, -0.2) is 53.9 Å². The molecule has 3 atom stereocenters. The Bertz CT molecular complexity index is 452. The van der Waals surface area contributed by atoms with Gasteiger partial charge in [-0.15, -0.1) is 0 Å². The first-order chi connectivity index (χ1) is 10.1. The molecule has 0 aromatic heterocycles. The monoisotopic (exact) mass is 316 g/mol. The molecule has 21 heavy (non-hydrogen) atoms. The van der Waals surface area contributed by atoms with Gasteiger partial charge in [0.2, 0.25) is 0 Å². The number of rotatable bonds is 3. The van der Waals surface area contributed by atoms with Crippen LogP contribution in [-0.2, 0) is 10.2 Å². The summed E-state index contributed by atoms with van der Waals surface area (Å²) in [5.74, 6) is 0.555. The van der Waals surface area contributed by atoms with Crippen molar-refractivity contribution in [2.75, 3.05) is 19.7 Å². The van der Waals surface area contributed by atoms with Gasteiger partial charge >= 0.3 is 0 Å². The lowest BCUT2D eigenvalue weighted by Crippen LogP contribution is -2.57. The minimum absolute atomic E-state index is 0.0544. The SMILES string of the molecule is O=S(=O)(N1CCCCC1CO)N1CCCC2CCCCC21. The minimum Gasteiger partial charge on any atom is -0.395 e. The normalized spacial score (nSPS) is 36.3. The second kappa shape index (κ2) is 6.52. The van der Waals surface area contributed by atoms with Crippen molar-refractivity contribution in [3.05, 3.63) is 0 Å². The number of hydrogen-bond acceptors (Lipinski definition) is 3. The van der Waals surface area contributed by atoms with Crippen LogP contribution in [0.15, 0.2) is 0 Å². The van der Waals surface area contributed by atoms with E-state index in [4.69, 9.17) is 0 Å². The zero-order valence-electron chi connectivity index (χ0n) is 12.8. The fourth-order valence-corrected chi connectivity index (χ4v) is 6.62. The van der Waals surface area contributed by atoms with Crippen molar-refractivity contribution in [2.45, 2.75) is 69.9 Å². The highest BCUT2D eigenvalue weighted by Crippen LogP contribution is 2.38. The smallest absolute Gasteiger partial charge is 0.282 e. The average Bonchev–Trinajstić information content (AvgIpc) is 2.54. The van der Waals surface area contributed by atoms with Crippen molar-refractivity contribution >= 4 is 10.2 Å². The maximum absolute atomic E-state index is 13.1. The van der Waals surface area contributed by atoms with Gasteiger partial charge in [0.05, 0.1) is 6.61 Å². The standard InChI is InChI=1S/C15H28N2O3S/c18-12-14-8-3-4-10-16(14)21(19,20)17-11-5-7-13-6-1-2-9-15(13)17/h13-15,18H,1-12H2. The first kappa shape index (κ1) is 15.7. The Balaban J connectivity index is 1.82. The van der Waals surface area contributed by atoms with Crippen LogP contribution in [0.2, 0.25) is 0 Å². The largest absolute Gasteiger partial charge is 0.395 e. The predicted molar refractivity (Wildman–Crippen MR) is 82.0 cm³/mol. The summed E-state index contributed by atoms with van der Waals surface area (Å²) in [5.41, 5.74) is 0. The lowest BCUT2D eigenvalue weighted by Gasteiger charge is -2.46. The fraction of sp³-hybridized carbons (Fsp3) is 1.00. The summed E-state index contributed by atoms with van der Waals surface area (Å²) < 4.78 is 29.6. The van der Waals surface area contributed by atoms with Gasteiger partial charge in [0.15, 0.2) is 0 Å². The Labute approximate surface area is 128 Å². The molecule has 3 unspecified atom stereocenters. The number of fused-ring (bicyclic) bond motifs is 1. The van der Waals surface area contributed by atoms with Gasteiger partial charge in [-0.3, -0.25) is 0 Å². The Kier molecular flexibility index (Phi) is 4.88. The molecule has 0 spiro atoms. The van der Waals surface area contributed by atoms with Crippen LogP contribution < -0.4 is 0 Å². The fourth-order valence-electron chi connectivity index (χ4n) is 4.46. The predicted octanol–water partition coefficient (Wildman–Crippen LogP) is 1.73. The third kappa shape index (κ3) is 3.00.